The molecule has 0 radical (unpaired) electrons. The third kappa shape index (κ3) is 5.18. The van der Waals surface area contributed by atoms with Crippen LogP contribution in [-0.4, -0.2) is 4.98 Å². The van der Waals surface area contributed by atoms with Crippen LogP contribution in [0.15, 0.2) is 60.9 Å². The van der Waals surface area contributed by atoms with E-state index in [9.17, 15) is 26.3 Å². The van der Waals surface area contributed by atoms with E-state index in [0.29, 0.717) is 0 Å². The second-order valence-corrected chi connectivity index (χ2v) is 6.87. The molecule has 0 atom stereocenters. The smallest absolute Gasteiger partial charge is 0.309 e. The summed E-state index contributed by atoms with van der Waals surface area (Å²) in [7, 11) is 0. The minimum absolute atomic E-state index is 0.0938. The van der Waals surface area contributed by atoms with E-state index in [2.05, 4.69) is 10.3 Å². The number of halogens is 6. The highest BCUT2D eigenvalue weighted by Gasteiger charge is 2.36. The summed E-state index contributed by atoms with van der Waals surface area (Å²) < 4.78 is 78.0. The van der Waals surface area contributed by atoms with Crippen molar-refractivity contribution < 1.29 is 26.3 Å². The van der Waals surface area contributed by atoms with Gasteiger partial charge in [-0.1, -0.05) is 24.3 Å². The minimum Gasteiger partial charge on any atom is -0.309 e. The lowest BCUT2D eigenvalue weighted by Crippen LogP contribution is -2.16. The first-order valence-corrected chi connectivity index (χ1v) is 9.03. The van der Waals surface area contributed by atoms with Crippen LogP contribution >= 0.6 is 0 Å². The summed E-state index contributed by atoms with van der Waals surface area (Å²) in [5.41, 5.74) is 0.937. The molecule has 3 rings (SSSR count). The molecule has 0 bridgehead atoms. The molecule has 158 valence electrons. The largest absolute Gasteiger partial charge is 0.416 e. The van der Waals surface area contributed by atoms with Crippen LogP contribution in [0.4, 0.5) is 26.3 Å². The molecule has 3 aromatic rings. The summed E-state index contributed by atoms with van der Waals surface area (Å²) in [6, 6.07) is 11.0. The molecular weight excluding hydrogens is 406 g/mol. The third-order valence-electron chi connectivity index (χ3n) is 4.64. The van der Waals surface area contributed by atoms with Crippen LogP contribution in [0.5, 0.6) is 0 Å². The van der Waals surface area contributed by atoms with E-state index in [0.717, 1.165) is 34.4 Å². The van der Waals surface area contributed by atoms with Gasteiger partial charge in [0.15, 0.2) is 0 Å². The predicted molar refractivity (Wildman–Crippen MR) is 101 cm³/mol. The van der Waals surface area contributed by atoms with Crippen molar-refractivity contribution >= 4 is 0 Å². The van der Waals surface area contributed by atoms with Gasteiger partial charge in [0.25, 0.3) is 0 Å². The molecule has 0 saturated carbocycles. The van der Waals surface area contributed by atoms with Crippen molar-refractivity contribution in [3.05, 3.63) is 88.7 Å². The molecule has 1 N–H and O–H groups in total. The van der Waals surface area contributed by atoms with Crippen LogP contribution < -0.4 is 5.32 Å². The lowest BCUT2D eigenvalue weighted by atomic mass is 9.98. The molecule has 0 aliphatic heterocycles. The molecule has 0 aliphatic rings. The zero-order valence-electron chi connectivity index (χ0n) is 15.9. The van der Waals surface area contributed by atoms with Crippen molar-refractivity contribution in [2.24, 2.45) is 0 Å². The molecule has 0 spiro atoms. The fourth-order valence-electron chi connectivity index (χ4n) is 3.16. The zero-order valence-corrected chi connectivity index (χ0v) is 15.9. The Labute approximate surface area is 169 Å². The van der Waals surface area contributed by atoms with Crippen molar-refractivity contribution in [1.82, 2.24) is 10.3 Å². The van der Waals surface area contributed by atoms with E-state index in [1.807, 2.05) is 31.2 Å². The Hall–Kier alpha value is -2.87. The molecule has 30 heavy (non-hydrogen) atoms. The molecule has 0 aliphatic carbocycles. The first-order valence-electron chi connectivity index (χ1n) is 9.03. The average molecular weight is 424 g/mol. The monoisotopic (exact) mass is 424 g/mol. The molecule has 0 unspecified atom stereocenters. The Balaban J connectivity index is 1.82. The minimum atomic E-state index is -4.86. The van der Waals surface area contributed by atoms with Gasteiger partial charge in [-0.3, -0.25) is 4.98 Å². The van der Waals surface area contributed by atoms with Gasteiger partial charge in [0.1, 0.15) is 0 Å². The molecule has 2 nitrogen and oxygen atoms in total. The first-order chi connectivity index (χ1) is 14.1. The van der Waals surface area contributed by atoms with Crippen molar-refractivity contribution in [3.8, 4) is 11.1 Å². The van der Waals surface area contributed by atoms with E-state index >= 15 is 0 Å². The average Bonchev–Trinajstić information content (AvgIpc) is 2.67. The van der Waals surface area contributed by atoms with Crippen LogP contribution in [0, 0.1) is 6.92 Å². The van der Waals surface area contributed by atoms with Crippen LogP contribution in [0.3, 0.4) is 0 Å². The van der Waals surface area contributed by atoms with Gasteiger partial charge in [0, 0.05) is 31.0 Å². The number of rotatable bonds is 5. The van der Waals surface area contributed by atoms with Crippen molar-refractivity contribution in [1.29, 1.82) is 0 Å². The van der Waals surface area contributed by atoms with Gasteiger partial charge in [0.05, 0.1) is 11.1 Å². The summed E-state index contributed by atoms with van der Waals surface area (Å²) in [6.45, 7) is 2.05. The maximum Gasteiger partial charge on any atom is 0.416 e. The fourth-order valence-corrected chi connectivity index (χ4v) is 3.16. The van der Waals surface area contributed by atoms with Gasteiger partial charge in [-0.2, -0.15) is 26.3 Å². The molecule has 2 aromatic carbocycles. The summed E-state index contributed by atoms with van der Waals surface area (Å²) in [5.74, 6) is 0. The Morgan fingerprint density at radius 3 is 2.03 bits per heavy atom. The van der Waals surface area contributed by atoms with Gasteiger partial charge in [-0.05, 0) is 53.4 Å². The Morgan fingerprint density at radius 1 is 0.800 bits per heavy atom. The second kappa shape index (κ2) is 8.47. The fraction of sp³-hybridized carbons (Fsp3) is 0.227. The third-order valence-corrected chi connectivity index (χ3v) is 4.64. The number of alkyl halides is 6. The van der Waals surface area contributed by atoms with Crippen molar-refractivity contribution in [2.75, 3.05) is 0 Å². The SMILES string of the molecule is Cc1ccccc1-c1cnccc1CNCc1cc(C(F)(F)F)cc(C(F)(F)F)c1. The normalized spacial score (nSPS) is 12.2. The van der Waals surface area contributed by atoms with Crippen LogP contribution in [0.25, 0.3) is 11.1 Å². The highest BCUT2D eigenvalue weighted by molar-refractivity contribution is 5.69. The number of nitrogens with one attached hydrogen (secondary N) is 1. The molecule has 0 saturated heterocycles. The molecule has 8 heteroatoms. The predicted octanol–water partition coefficient (Wildman–Crippen LogP) is 6.38. The lowest BCUT2D eigenvalue weighted by Gasteiger charge is -2.15. The van der Waals surface area contributed by atoms with E-state index in [1.165, 1.54) is 0 Å². The Bertz CT molecular complexity index is 992. The summed E-state index contributed by atoms with van der Waals surface area (Å²) in [6.07, 6.45) is -6.45. The number of aryl methyl sites for hydroxylation is 1. The quantitative estimate of drug-likeness (QED) is 0.481. The van der Waals surface area contributed by atoms with Crippen LogP contribution in [0.2, 0.25) is 0 Å². The highest BCUT2D eigenvalue weighted by Crippen LogP contribution is 2.36. The number of nitrogens with zero attached hydrogens (tertiary/aromatic N) is 1. The number of hydrogen-bond donors (Lipinski definition) is 1. The van der Waals surface area contributed by atoms with Gasteiger partial charge in [-0.15, -0.1) is 0 Å². The summed E-state index contributed by atoms with van der Waals surface area (Å²) in [4.78, 5) is 4.13. The number of benzene rings is 2. The zero-order chi connectivity index (χ0) is 21.9. The molecule has 0 fully saturated rings. The highest BCUT2D eigenvalue weighted by atomic mass is 19.4. The van der Waals surface area contributed by atoms with Crippen molar-refractivity contribution in [3.63, 3.8) is 0 Å². The topological polar surface area (TPSA) is 24.9 Å². The Morgan fingerprint density at radius 2 is 1.43 bits per heavy atom. The van der Waals surface area contributed by atoms with Crippen molar-refractivity contribution in [2.45, 2.75) is 32.4 Å². The number of pyridine rings is 1. The first kappa shape index (κ1) is 21.8. The van der Waals surface area contributed by atoms with Gasteiger partial charge in [-0.25, -0.2) is 0 Å². The standard InChI is InChI=1S/C22H18F6N2/c1-14-4-2-3-5-19(14)20-13-29-7-6-16(20)12-30-11-15-8-17(21(23,24)25)10-18(9-15)22(26,27)28/h2-10,13,30H,11-12H2,1H3. The van der Waals surface area contributed by atoms with E-state index in [-0.39, 0.29) is 24.7 Å². The van der Waals surface area contributed by atoms with Crippen LogP contribution in [-0.2, 0) is 25.4 Å². The molecular formula is C22H18F6N2. The van der Waals surface area contributed by atoms with Gasteiger partial charge >= 0.3 is 12.4 Å². The lowest BCUT2D eigenvalue weighted by molar-refractivity contribution is -0.143. The van der Waals surface area contributed by atoms with Crippen LogP contribution in [0.1, 0.15) is 27.8 Å². The van der Waals surface area contributed by atoms with E-state index < -0.39 is 23.5 Å². The van der Waals surface area contributed by atoms with E-state index in [4.69, 9.17) is 0 Å². The summed E-state index contributed by atoms with van der Waals surface area (Å²) >= 11 is 0. The number of aromatic nitrogens is 1. The molecule has 1 heterocycles. The maximum absolute atomic E-state index is 13.0. The second-order valence-electron chi connectivity index (χ2n) is 6.87. The molecule has 0 amide bonds. The summed E-state index contributed by atoms with van der Waals surface area (Å²) in [5, 5.41) is 2.94. The Kier molecular flexibility index (Phi) is 6.17. The van der Waals surface area contributed by atoms with Gasteiger partial charge < -0.3 is 5.32 Å². The van der Waals surface area contributed by atoms with E-state index in [1.54, 1.807) is 18.5 Å². The van der Waals surface area contributed by atoms with Gasteiger partial charge in [0.2, 0.25) is 0 Å². The molecule has 1 aromatic heterocycles. The maximum atomic E-state index is 13.0. The number of hydrogen-bond acceptors (Lipinski definition) is 2.